The van der Waals surface area contributed by atoms with Gasteiger partial charge in [0.25, 0.3) is 5.91 Å². The lowest BCUT2D eigenvalue weighted by Gasteiger charge is -2.24. The second-order valence-electron chi connectivity index (χ2n) is 7.93. The molecule has 5 nitrogen and oxygen atoms in total. The van der Waals surface area contributed by atoms with Gasteiger partial charge in [-0.3, -0.25) is 14.5 Å². The van der Waals surface area contributed by atoms with Crippen molar-refractivity contribution in [1.82, 2.24) is 4.98 Å². The Bertz CT molecular complexity index is 1410. The summed E-state index contributed by atoms with van der Waals surface area (Å²) in [5, 5.41) is 0.934. The first-order valence-corrected chi connectivity index (χ1v) is 10.3. The third-order valence-electron chi connectivity index (χ3n) is 5.84. The number of benzene rings is 2. The van der Waals surface area contributed by atoms with Crippen LogP contribution >= 0.6 is 11.6 Å². The lowest BCUT2D eigenvalue weighted by atomic mass is 9.97. The van der Waals surface area contributed by atoms with Gasteiger partial charge in [-0.25, -0.2) is 4.98 Å². The summed E-state index contributed by atoms with van der Waals surface area (Å²) in [6, 6.07) is 14.1. The van der Waals surface area contributed by atoms with E-state index in [-0.39, 0.29) is 11.2 Å². The molecular formula is C25H19ClN2O3. The van der Waals surface area contributed by atoms with E-state index in [0.29, 0.717) is 27.4 Å². The summed E-state index contributed by atoms with van der Waals surface area (Å²) < 4.78 is 6.04. The molecule has 154 valence electrons. The minimum absolute atomic E-state index is 0.0584. The Morgan fingerprint density at radius 3 is 2.35 bits per heavy atom. The predicted molar refractivity (Wildman–Crippen MR) is 121 cm³/mol. The normalized spacial score (nSPS) is 15.5. The first-order valence-electron chi connectivity index (χ1n) is 9.95. The fourth-order valence-electron chi connectivity index (χ4n) is 4.04. The summed E-state index contributed by atoms with van der Waals surface area (Å²) in [5.41, 5.74) is 4.43. The van der Waals surface area contributed by atoms with Gasteiger partial charge in [-0.05, 0) is 61.7 Å². The number of aryl methyl sites for hydroxylation is 3. The van der Waals surface area contributed by atoms with Crippen LogP contribution in [-0.4, -0.2) is 10.9 Å². The molecule has 0 fully saturated rings. The van der Waals surface area contributed by atoms with Crippen molar-refractivity contribution in [2.45, 2.75) is 26.8 Å². The van der Waals surface area contributed by atoms with E-state index in [1.807, 2.05) is 57.2 Å². The van der Waals surface area contributed by atoms with Crippen molar-refractivity contribution in [3.05, 3.63) is 104 Å². The molecule has 1 unspecified atom stereocenters. The molecule has 31 heavy (non-hydrogen) atoms. The van der Waals surface area contributed by atoms with Crippen LogP contribution < -0.4 is 10.3 Å². The minimum atomic E-state index is -0.640. The molecular weight excluding hydrogens is 412 g/mol. The van der Waals surface area contributed by atoms with Crippen molar-refractivity contribution < 1.29 is 9.21 Å². The Morgan fingerprint density at radius 1 is 0.968 bits per heavy atom. The van der Waals surface area contributed by atoms with Gasteiger partial charge in [0.2, 0.25) is 5.76 Å². The highest BCUT2D eigenvalue weighted by Crippen LogP contribution is 2.40. The predicted octanol–water partition coefficient (Wildman–Crippen LogP) is 5.52. The fourth-order valence-corrected chi connectivity index (χ4v) is 4.15. The first-order chi connectivity index (χ1) is 14.8. The van der Waals surface area contributed by atoms with Gasteiger partial charge in [-0.1, -0.05) is 41.4 Å². The topological polar surface area (TPSA) is 63.4 Å². The third-order valence-corrected chi connectivity index (χ3v) is 6.06. The number of rotatable bonds is 2. The molecule has 0 aliphatic carbocycles. The highest BCUT2D eigenvalue weighted by molar-refractivity contribution is 6.30. The summed E-state index contributed by atoms with van der Waals surface area (Å²) in [6.07, 6.45) is 1.48. The average molecular weight is 431 g/mol. The number of fused-ring (bicyclic) bond motifs is 2. The average Bonchev–Trinajstić information content (AvgIpc) is 3.04. The molecule has 0 N–H and O–H groups in total. The maximum Gasteiger partial charge on any atom is 0.296 e. The first kappa shape index (κ1) is 19.5. The number of halogens is 1. The number of pyridine rings is 1. The molecule has 0 spiro atoms. The van der Waals surface area contributed by atoms with Crippen LogP contribution in [0.5, 0.6) is 0 Å². The molecule has 2 aromatic carbocycles. The van der Waals surface area contributed by atoms with Gasteiger partial charge in [0.15, 0.2) is 5.43 Å². The molecule has 1 aliphatic heterocycles. The molecule has 2 aromatic heterocycles. The lowest BCUT2D eigenvalue weighted by molar-refractivity contribution is 0.0970. The number of hydrogen-bond donors (Lipinski definition) is 0. The summed E-state index contributed by atoms with van der Waals surface area (Å²) in [4.78, 5) is 33.0. The highest BCUT2D eigenvalue weighted by Gasteiger charge is 2.44. The molecule has 1 atom stereocenters. The van der Waals surface area contributed by atoms with E-state index in [1.54, 1.807) is 12.1 Å². The Kier molecular flexibility index (Phi) is 4.45. The Hall–Kier alpha value is -3.44. The molecule has 1 aliphatic rings. The molecule has 0 radical (unpaired) electrons. The molecule has 6 heteroatoms. The molecule has 1 amide bonds. The van der Waals surface area contributed by atoms with Gasteiger partial charge >= 0.3 is 0 Å². The second kappa shape index (κ2) is 7.06. The summed E-state index contributed by atoms with van der Waals surface area (Å²) in [7, 11) is 0. The van der Waals surface area contributed by atoms with Crippen molar-refractivity contribution in [3.63, 3.8) is 0 Å². The fraction of sp³-hybridized carbons (Fsp3) is 0.160. The van der Waals surface area contributed by atoms with Crippen molar-refractivity contribution in [1.29, 1.82) is 0 Å². The van der Waals surface area contributed by atoms with Gasteiger partial charge in [0.1, 0.15) is 11.4 Å². The van der Waals surface area contributed by atoms with Crippen LogP contribution in [0.25, 0.3) is 11.0 Å². The zero-order valence-corrected chi connectivity index (χ0v) is 18.0. The third kappa shape index (κ3) is 3.04. The molecule has 5 rings (SSSR count). The van der Waals surface area contributed by atoms with E-state index in [1.165, 1.54) is 11.1 Å². The number of carbonyl (C=O) groups is 1. The van der Waals surface area contributed by atoms with Gasteiger partial charge in [-0.15, -0.1) is 0 Å². The number of hydrogen-bond acceptors (Lipinski definition) is 4. The van der Waals surface area contributed by atoms with Crippen molar-refractivity contribution in [2.24, 2.45) is 0 Å². The smallest absolute Gasteiger partial charge is 0.296 e. The van der Waals surface area contributed by atoms with E-state index in [9.17, 15) is 9.59 Å². The van der Waals surface area contributed by atoms with Gasteiger partial charge in [-0.2, -0.15) is 0 Å². The zero-order chi connectivity index (χ0) is 21.9. The molecule has 0 saturated heterocycles. The van der Waals surface area contributed by atoms with Crippen LogP contribution in [0.3, 0.4) is 0 Å². The lowest BCUT2D eigenvalue weighted by Crippen LogP contribution is -2.30. The van der Waals surface area contributed by atoms with Crippen LogP contribution in [0, 0.1) is 20.8 Å². The SMILES string of the molecule is Cc1ccc(C2c3c(oc4cc(C)c(C)cc4c3=O)C(=O)N2c2ccc(Cl)cn2)cc1. The molecule has 0 bridgehead atoms. The van der Waals surface area contributed by atoms with Crippen LogP contribution in [0.4, 0.5) is 5.82 Å². The van der Waals surface area contributed by atoms with Crippen LogP contribution in [0.1, 0.15) is 44.4 Å². The molecule has 0 saturated carbocycles. The van der Waals surface area contributed by atoms with Crippen molar-refractivity contribution >= 4 is 34.3 Å². The summed E-state index contributed by atoms with van der Waals surface area (Å²) in [5.74, 6) is 0.0675. The van der Waals surface area contributed by atoms with Crippen LogP contribution in [-0.2, 0) is 0 Å². The minimum Gasteiger partial charge on any atom is -0.450 e. The van der Waals surface area contributed by atoms with Crippen LogP contribution in [0.15, 0.2) is 63.9 Å². The largest absolute Gasteiger partial charge is 0.450 e. The van der Waals surface area contributed by atoms with E-state index in [2.05, 4.69) is 4.98 Å². The Labute approximate surface area is 183 Å². The van der Waals surface area contributed by atoms with Crippen LogP contribution in [0.2, 0.25) is 5.02 Å². The van der Waals surface area contributed by atoms with E-state index < -0.39 is 11.9 Å². The van der Waals surface area contributed by atoms with E-state index in [4.69, 9.17) is 16.0 Å². The van der Waals surface area contributed by atoms with E-state index in [0.717, 1.165) is 22.3 Å². The number of nitrogens with zero attached hydrogens (tertiary/aromatic N) is 2. The summed E-state index contributed by atoms with van der Waals surface area (Å²) >= 11 is 6.01. The number of anilines is 1. The maximum atomic E-state index is 13.6. The summed E-state index contributed by atoms with van der Waals surface area (Å²) in [6.45, 7) is 5.89. The molecule has 4 aromatic rings. The zero-order valence-electron chi connectivity index (χ0n) is 17.3. The van der Waals surface area contributed by atoms with Crippen molar-refractivity contribution in [3.8, 4) is 0 Å². The number of carbonyl (C=O) groups excluding carboxylic acids is 1. The maximum absolute atomic E-state index is 13.6. The monoisotopic (exact) mass is 430 g/mol. The van der Waals surface area contributed by atoms with Crippen molar-refractivity contribution in [2.75, 3.05) is 4.90 Å². The number of amides is 1. The standard InChI is InChI=1S/C25H19ClN2O3/c1-13-4-6-16(7-5-13)22-21-23(29)18-10-14(2)15(3)11-19(18)31-24(21)25(30)28(22)20-9-8-17(26)12-27-20/h4-12,22H,1-3H3. The van der Waals surface area contributed by atoms with Gasteiger partial charge in [0, 0.05) is 6.20 Å². The molecule has 3 heterocycles. The highest BCUT2D eigenvalue weighted by atomic mass is 35.5. The Morgan fingerprint density at radius 2 is 1.68 bits per heavy atom. The van der Waals surface area contributed by atoms with Gasteiger partial charge < -0.3 is 4.42 Å². The van der Waals surface area contributed by atoms with Gasteiger partial charge in [0.05, 0.1) is 22.0 Å². The second-order valence-corrected chi connectivity index (χ2v) is 8.37. The number of aromatic nitrogens is 1. The Balaban J connectivity index is 1.82. The quantitative estimate of drug-likeness (QED) is 0.420. The van der Waals surface area contributed by atoms with E-state index >= 15 is 0 Å².